The third-order valence-electron chi connectivity index (χ3n) is 1.27. The molecule has 0 rings (SSSR count). The minimum absolute atomic E-state index is 0.414. The molecule has 0 fully saturated rings. The Balaban J connectivity index is 3.04. The van der Waals surface area contributed by atoms with Crippen molar-refractivity contribution in [3.05, 3.63) is 0 Å². The molecule has 0 aromatic heterocycles. The lowest BCUT2D eigenvalue weighted by Crippen LogP contribution is -2.06. The summed E-state index contributed by atoms with van der Waals surface area (Å²) in [6, 6.07) is 0. The fraction of sp³-hybridized carbons (Fsp3) is 1.00. The van der Waals surface area contributed by atoms with Crippen molar-refractivity contribution in [2.75, 3.05) is 13.7 Å². The van der Waals surface area contributed by atoms with Crippen LogP contribution in [-0.2, 0) is 9.78 Å². The van der Waals surface area contributed by atoms with E-state index in [2.05, 4.69) is 25.7 Å². The molecule has 0 heterocycles. The molecule has 10 heavy (non-hydrogen) atoms. The van der Waals surface area contributed by atoms with Crippen LogP contribution in [0, 0.1) is 5.41 Å². The van der Waals surface area contributed by atoms with E-state index in [0.29, 0.717) is 12.0 Å². The van der Waals surface area contributed by atoms with E-state index in [-0.39, 0.29) is 0 Å². The van der Waals surface area contributed by atoms with Crippen LogP contribution in [0.2, 0.25) is 0 Å². The maximum atomic E-state index is 4.73. The second kappa shape index (κ2) is 4.69. The standard InChI is InChI=1S/C8H18O2/c1-8(2,3)6-5-7-10-9-4/h5-7H2,1-4H3. The van der Waals surface area contributed by atoms with Gasteiger partial charge in [-0.2, -0.15) is 0 Å². The Morgan fingerprint density at radius 3 is 2.20 bits per heavy atom. The molecule has 0 bridgehead atoms. The average molecular weight is 146 g/mol. The van der Waals surface area contributed by atoms with Gasteiger partial charge in [0.15, 0.2) is 0 Å². The predicted octanol–water partition coefficient (Wildman–Crippen LogP) is 2.39. The Labute approximate surface area is 63.5 Å². The molecule has 0 N–H and O–H groups in total. The Bertz CT molecular complexity index is 73.8. The van der Waals surface area contributed by atoms with E-state index in [4.69, 9.17) is 4.89 Å². The first-order valence-corrected chi connectivity index (χ1v) is 3.72. The number of hydrogen-bond acceptors (Lipinski definition) is 2. The van der Waals surface area contributed by atoms with Crippen molar-refractivity contribution < 1.29 is 9.78 Å². The quantitative estimate of drug-likeness (QED) is 0.344. The van der Waals surface area contributed by atoms with Gasteiger partial charge in [-0.1, -0.05) is 20.8 Å². The molecule has 0 radical (unpaired) electrons. The maximum absolute atomic E-state index is 4.73. The zero-order valence-electron chi connectivity index (χ0n) is 7.44. The van der Waals surface area contributed by atoms with Crippen LogP contribution in [0.25, 0.3) is 0 Å². The van der Waals surface area contributed by atoms with Gasteiger partial charge in [0.25, 0.3) is 0 Å². The molecule has 0 saturated heterocycles. The van der Waals surface area contributed by atoms with Crippen molar-refractivity contribution in [2.45, 2.75) is 33.6 Å². The highest BCUT2D eigenvalue weighted by molar-refractivity contribution is 4.59. The monoisotopic (exact) mass is 146 g/mol. The molecule has 0 aliphatic heterocycles. The Morgan fingerprint density at radius 1 is 1.20 bits per heavy atom. The highest BCUT2D eigenvalue weighted by Crippen LogP contribution is 2.19. The molecule has 0 aliphatic carbocycles. The minimum Gasteiger partial charge on any atom is -0.240 e. The molecule has 2 heteroatoms. The predicted molar refractivity (Wildman–Crippen MR) is 41.7 cm³/mol. The van der Waals surface area contributed by atoms with Gasteiger partial charge in [0, 0.05) is 0 Å². The molecular formula is C8H18O2. The van der Waals surface area contributed by atoms with Gasteiger partial charge >= 0.3 is 0 Å². The SMILES string of the molecule is COOCCCC(C)(C)C. The van der Waals surface area contributed by atoms with Gasteiger partial charge in [-0.25, -0.2) is 9.78 Å². The summed E-state index contributed by atoms with van der Waals surface area (Å²) in [6.45, 7) is 7.37. The Kier molecular flexibility index (Phi) is 4.65. The molecule has 0 saturated carbocycles. The van der Waals surface area contributed by atoms with Crippen LogP contribution < -0.4 is 0 Å². The molecule has 2 nitrogen and oxygen atoms in total. The lowest BCUT2D eigenvalue weighted by Gasteiger charge is -2.16. The molecule has 0 amide bonds. The van der Waals surface area contributed by atoms with E-state index < -0.39 is 0 Å². The van der Waals surface area contributed by atoms with Gasteiger partial charge in [-0.05, 0) is 18.3 Å². The summed E-state index contributed by atoms with van der Waals surface area (Å²) < 4.78 is 0. The smallest absolute Gasteiger partial charge is 0.0822 e. The first-order chi connectivity index (χ1) is 4.56. The summed E-state index contributed by atoms with van der Waals surface area (Å²) in [5, 5.41) is 0. The molecule has 0 aliphatic rings. The van der Waals surface area contributed by atoms with Gasteiger partial charge in [-0.15, -0.1) is 0 Å². The molecular weight excluding hydrogens is 128 g/mol. The minimum atomic E-state index is 0.414. The van der Waals surface area contributed by atoms with Crippen LogP contribution in [0.4, 0.5) is 0 Å². The van der Waals surface area contributed by atoms with Crippen molar-refractivity contribution in [3.63, 3.8) is 0 Å². The van der Waals surface area contributed by atoms with E-state index in [9.17, 15) is 0 Å². The van der Waals surface area contributed by atoms with Crippen LogP contribution in [0.5, 0.6) is 0 Å². The van der Waals surface area contributed by atoms with Gasteiger partial charge < -0.3 is 0 Å². The molecule has 0 unspecified atom stereocenters. The molecule has 0 spiro atoms. The van der Waals surface area contributed by atoms with Crippen molar-refractivity contribution in [3.8, 4) is 0 Å². The Hall–Kier alpha value is -0.0800. The van der Waals surface area contributed by atoms with Crippen LogP contribution in [-0.4, -0.2) is 13.7 Å². The van der Waals surface area contributed by atoms with Gasteiger partial charge in [0.05, 0.1) is 13.7 Å². The largest absolute Gasteiger partial charge is 0.240 e. The lowest BCUT2D eigenvalue weighted by molar-refractivity contribution is -0.273. The molecule has 0 atom stereocenters. The zero-order valence-corrected chi connectivity index (χ0v) is 7.44. The van der Waals surface area contributed by atoms with Gasteiger partial charge in [-0.3, -0.25) is 0 Å². The average Bonchev–Trinajstić information content (AvgIpc) is 1.78. The van der Waals surface area contributed by atoms with E-state index in [1.807, 2.05) is 0 Å². The van der Waals surface area contributed by atoms with Crippen molar-refractivity contribution in [1.82, 2.24) is 0 Å². The molecule has 0 aromatic carbocycles. The van der Waals surface area contributed by atoms with E-state index in [0.717, 1.165) is 6.42 Å². The third-order valence-corrected chi connectivity index (χ3v) is 1.27. The first-order valence-electron chi connectivity index (χ1n) is 3.72. The zero-order chi connectivity index (χ0) is 8.04. The van der Waals surface area contributed by atoms with Crippen LogP contribution in [0.1, 0.15) is 33.6 Å². The van der Waals surface area contributed by atoms with E-state index >= 15 is 0 Å². The normalized spacial score (nSPS) is 12.0. The van der Waals surface area contributed by atoms with Crippen molar-refractivity contribution >= 4 is 0 Å². The molecule has 62 valence electrons. The van der Waals surface area contributed by atoms with Gasteiger partial charge in [0.1, 0.15) is 0 Å². The number of hydrogen-bond donors (Lipinski definition) is 0. The van der Waals surface area contributed by atoms with Crippen molar-refractivity contribution in [1.29, 1.82) is 0 Å². The highest BCUT2D eigenvalue weighted by atomic mass is 17.2. The summed E-state index contributed by atoms with van der Waals surface area (Å²) in [7, 11) is 1.54. The summed E-state index contributed by atoms with van der Waals surface area (Å²) >= 11 is 0. The lowest BCUT2D eigenvalue weighted by atomic mass is 9.91. The fourth-order valence-corrected chi connectivity index (χ4v) is 0.745. The highest BCUT2D eigenvalue weighted by Gasteiger charge is 2.08. The second-order valence-corrected chi connectivity index (χ2v) is 3.65. The summed E-state index contributed by atoms with van der Waals surface area (Å²) in [4.78, 5) is 9.19. The van der Waals surface area contributed by atoms with E-state index in [1.54, 1.807) is 0 Å². The Morgan fingerprint density at radius 2 is 1.80 bits per heavy atom. The summed E-state index contributed by atoms with van der Waals surface area (Å²) in [5.41, 5.74) is 0.414. The van der Waals surface area contributed by atoms with Gasteiger partial charge in [0.2, 0.25) is 0 Å². The van der Waals surface area contributed by atoms with E-state index in [1.165, 1.54) is 13.5 Å². The fourth-order valence-electron chi connectivity index (χ4n) is 0.745. The number of rotatable bonds is 4. The molecule has 0 aromatic rings. The third kappa shape index (κ3) is 7.92. The topological polar surface area (TPSA) is 18.5 Å². The van der Waals surface area contributed by atoms with Crippen LogP contribution in [0.3, 0.4) is 0 Å². The first kappa shape index (κ1) is 9.92. The van der Waals surface area contributed by atoms with Crippen LogP contribution in [0.15, 0.2) is 0 Å². The van der Waals surface area contributed by atoms with Crippen molar-refractivity contribution in [2.24, 2.45) is 5.41 Å². The second-order valence-electron chi connectivity index (χ2n) is 3.65. The maximum Gasteiger partial charge on any atom is 0.0822 e. The summed E-state index contributed by atoms with van der Waals surface area (Å²) in [6.07, 6.45) is 2.24. The summed E-state index contributed by atoms with van der Waals surface area (Å²) in [5.74, 6) is 0. The van der Waals surface area contributed by atoms with Crippen LogP contribution >= 0.6 is 0 Å².